The lowest BCUT2D eigenvalue weighted by Gasteiger charge is -2.24. The van der Waals surface area contributed by atoms with Crippen molar-refractivity contribution in [2.45, 2.75) is 30.8 Å². The van der Waals surface area contributed by atoms with Crippen LogP contribution in [0.3, 0.4) is 0 Å². The zero-order valence-electron chi connectivity index (χ0n) is 8.22. The lowest BCUT2D eigenvalue weighted by Crippen LogP contribution is -2.46. The van der Waals surface area contributed by atoms with Gasteiger partial charge in [0.05, 0.1) is 12.7 Å². The summed E-state index contributed by atoms with van der Waals surface area (Å²) in [5.74, 6) is -3.11. The average molecular weight is 238 g/mol. The van der Waals surface area contributed by atoms with Crippen molar-refractivity contribution >= 4 is 11.8 Å². The van der Waals surface area contributed by atoms with E-state index in [4.69, 9.17) is 25.5 Å². The molecule has 0 saturated heterocycles. The number of ketones is 1. The van der Waals surface area contributed by atoms with Gasteiger partial charge in [-0.3, -0.25) is 4.79 Å². The molecule has 0 aromatic rings. The van der Waals surface area contributed by atoms with Crippen molar-refractivity contribution < 1.29 is 40.2 Å². The Morgan fingerprint density at radius 2 is 1.38 bits per heavy atom. The summed E-state index contributed by atoms with van der Waals surface area (Å²) >= 11 is 0. The molecule has 0 radical (unpaired) electrons. The zero-order valence-corrected chi connectivity index (χ0v) is 8.22. The monoisotopic (exact) mass is 238 g/mol. The van der Waals surface area contributed by atoms with Crippen molar-refractivity contribution in [2.75, 3.05) is 6.61 Å². The Labute approximate surface area is 90.4 Å². The minimum Gasteiger partial charge on any atom is -0.475 e. The largest absolute Gasteiger partial charge is 0.475 e. The highest BCUT2D eigenvalue weighted by molar-refractivity contribution is 6.32. The summed E-state index contributed by atoms with van der Waals surface area (Å²) in [7, 11) is 0. The van der Waals surface area contributed by atoms with Gasteiger partial charge in [-0.1, -0.05) is 0 Å². The smallest absolute Gasteiger partial charge is 0.372 e. The molecule has 0 aliphatic rings. The molecule has 0 aliphatic heterocycles. The predicted octanol–water partition coefficient (Wildman–Crippen LogP) is -3.53. The Morgan fingerprint density at radius 3 is 1.75 bits per heavy atom. The first-order valence-corrected chi connectivity index (χ1v) is 4.40. The number of Topliss-reactive ketones (excluding diaryl/α,β-unsaturated/α-hetero) is 1. The maximum Gasteiger partial charge on any atom is 0.372 e. The van der Waals surface area contributed by atoms with Gasteiger partial charge in [-0.05, 0) is 0 Å². The van der Waals surface area contributed by atoms with E-state index in [1.165, 1.54) is 0 Å². The molecule has 0 amide bonds. The molecule has 4 atom stereocenters. The molecule has 0 spiro atoms. The maximum atomic E-state index is 10.7. The topological polar surface area (TPSA) is 156 Å². The SMILES string of the molecule is O=C(O)C(=O)CC(O)[C@H](O)[C@H](O)[C@H](O)CO. The molecule has 8 nitrogen and oxygen atoms in total. The van der Waals surface area contributed by atoms with Crippen LogP contribution >= 0.6 is 0 Å². The minimum absolute atomic E-state index is 0.849. The fourth-order valence-electron chi connectivity index (χ4n) is 0.961. The summed E-state index contributed by atoms with van der Waals surface area (Å²) in [4.78, 5) is 20.8. The highest BCUT2D eigenvalue weighted by atomic mass is 16.4. The fourth-order valence-corrected chi connectivity index (χ4v) is 0.961. The normalized spacial score (nSPS) is 18.6. The third kappa shape index (κ3) is 4.21. The Bertz CT molecular complexity index is 252. The number of carboxylic acid groups (broad SMARTS) is 1. The molecule has 0 fully saturated rings. The number of carbonyl (C=O) groups excluding carboxylic acids is 1. The number of carbonyl (C=O) groups is 2. The van der Waals surface area contributed by atoms with Crippen LogP contribution in [-0.4, -0.2) is 73.4 Å². The van der Waals surface area contributed by atoms with E-state index >= 15 is 0 Å². The van der Waals surface area contributed by atoms with E-state index in [2.05, 4.69) is 0 Å². The Kier molecular flexibility index (Phi) is 6.08. The number of aliphatic hydroxyl groups excluding tert-OH is 5. The van der Waals surface area contributed by atoms with Crippen molar-refractivity contribution in [3.05, 3.63) is 0 Å². The lowest BCUT2D eigenvalue weighted by atomic mass is 9.99. The standard InChI is InChI=1S/C8H14O8/c9-2-5(12)7(14)6(13)3(10)1-4(11)8(15)16/h3,5-7,9-10,12-14H,1-2H2,(H,15,16)/t3?,5-,6+,7-/m1/s1. The summed E-state index contributed by atoms with van der Waals surface area (Å²) < 4.78 is 0. The average Bonchev–Trinajstić information content (AvgIpc) is 2.25. The molecular weight excluding hydrogens is 224 g/mol. The minimum atomic E-state index is -1.93. The van der Waals surface area contributed by atoms with E-state index in [1.807, 2.05) is 0 Å². The van der Waals surface area contributed by atoms with Crippen LogP contribution in [0.2, 0.25) is 0 Å². The van der Waals surface area contributed by atoms with E-state index in [-0.39, 0.29) is 0 Å². The summed E-state index contributed by atoms with van der Waals surface area (Å²) in [6.45, 7) is -0.849. The second kappa shape index (κ2) is 6.51. The third-order valence-electron chi connectivity index (χ3n) is 1.96. The highest BCUT2D eigenvalue weighted by Crippen LogP contribution is 2.08. The Hall–Kier alpha value is -1.06. The van der Waals surface area contributed by atoms with E-state index in [9.17, 15) is 14.7 Å². The summed E-state index contributed by atoms with van der Waals surface area (Å²) in [6, 6.07) is 0. The molecule has 16 heavy (non-hydrogen) atoms. The maximum absolute atomic E-state index is 10.7. The van der Waals surface area contributed by atoms with Gasteiger partial charge in [0.2, 0.25) is 5.78 Å². The number of aliphatic carboxylic acids is 1. The molecule has 94 valence electrons. The third-order valence-corrected chi connectivity index (χ3v) is 1.96. The quantitative estimate of drug-likeness (QED) is 0.249. The highest BCUT2D eigenvalue weighted by Gasteiger charge is 2.32. The molecule has 0 aromatic heterocycles. The Balaban J connectivity index is 4.32. The van der Waals surface area contributed by atoms with Gasteiger partial charge in [-0.2, -0.15) is 0 Å². The first kappa shape index (κ1) is 14.9. The number of hydrogen-bond donors (Lipinski definition) is 6. The van der Waals surface area contributed by atoms with E-state index in [0.29, 0.717) is 0 Å². The van der Waals surface area contributed by atoms with Crippen molar-refractivity contribution in [2.24, 2.45) is 0 Å². The van der Waals surface area contributed by atoms with Gasteiger partial charge in [-0.15, -0.1) is 0 Å². The van der Waals surface area contributed by atoms with Gasteiger partial charge in [0.15, 0.2) is 0 Å². The first-order valence-electron chi connectivity index (χ1n) is 4.40. The molecule has 8 heteroatoms. The summed E-state index contributed by atoms with van der Waals surface area (Å²) in [5, 5.41) is 53.1. The summed E-state index contributed by atoms with van der Waals surface area (Å²) in [6.07, 6.45) is -8.22. The molecule has 0 bridgehead atoms. The van der Waals surface area contributed by atoms with Gasteiger partial charge < -0.3 is 30.6 Å². The van der Waals surface area contributed by atoms with Crippen LogP contribution in [0, 0.1) is 0 Å². The number of rotatable bonds is 7. The number of hydrogen-bond acceptors (Lipinski definition) is 7. The second-order valence-corrected chi connectivity index (χ2v) is 3.23. The second-order valence-electron chi connectivity index (χ2n) is 3.23. The molecular formula is C8H14O8. The van der Waals surface area contributed by atoms with Crippen molar-refractivity contribution in [1.29, 1.82) is 0 Å². The van der Waals surface area contributed by atoms with Crippen molar-refractivity contribution in [1.82, 2.24) is 0 Å². The lowest BCUT2D eigenvalue weighted by molar-refractivity contribution is -0.153. The summed E-state index contributed by atoms with van der Waals surface area (Å²) in [5.41, 5.74) is 0. The Morgan fingerprint density at radius 1 is 0.938 bits per heavy atom. The van der Waals surface area contributed by atoms with Gasteiger partial charge in [0, 0.05) is 6.42 Å². The van der Waals surface area contributed by atoms with Crippen LogP contribution in [0.1, 0.15) is 6.42 Å². The molecule has 0 aromatic carbocycles. The van der Waals surface area contributed by atoms with Gasteiger partial charge in [0.1, 0.15) is 18.3 Å². The van der Waals surface area contributed by atoms with Crippen LogP contribution in [0.15, 0.2) is 0 Å². The van der Waals surface area contributed by atoms with Gasteiger partial charge >= 0.3 is 5.97 Å². The van der Waals surface area contributed by atoms with Gasteiger partial charge in [0.25, 0.3) is 0 Å². The van der Waals surface area contributed by atoms with Crippen LogP contribution < -0.4 is 0 Å². The molecule has 6 N–H and O–H groups in total. The molecule has 0 heterocycles. The van der Waals surface area contributed by atoms with Crippen LogP contribution in [0.5, 0.6) is 0 Å². The van der Waals surface area contributed by atoms with Crippen LogP contribution in [-0.2, 0) is 9.59 Å². The molecule has 0 rings (SSSR count). The van der Waals surface area contributed by atoms with Gasteiger partial charge in [-0.25, -0.2) is 4.79 Å². The zero-order chi connectivity index (χ0) is 12.9. The van der Waals surface area contributed by atoms with Crippen LogP contribution in [0.25, 0.3) is 0 Å². The fraction of sp³-hybridized carbons (Fsp3) is 0.750. The number of carboxylic acids is 1. The molecule has 1 unspecified atom stereocenters. The van der Waals surface area contributed by atoms with Crippen molar-refractivity contribution in [3.63, 3.8) is 0 Å². The molecule has 0 aliphatic carbocycles. The number of aliphatic hydroxyl groups is 5. The van der Waals surface area contributed by atoms with Crippen molar-refractivity contribution in [3.8, 4) is 0 Å². The van der Waals surface area contributed by atoms with E-state index < -0.39 is 49.2 Å². The predicted molar refractivity (Wildman–Crippen MR) is 48.4 cm³/mol. The van der Waals surface area contributed by atoms with Crippen LogP contribution in [0.4, 0.5) is 0 Å². The van der Waals surface area contributed by atoms with E-state index in [0.717, 1.165) is 0 Å². The molecule has 0 saturated carbocycles. The first-order chi connectivity index (χ1) is 7.31. The van der Waals surface area contributed by atoms with E-state index in [1.54, 1.807) is 0 Å².